The molecule has 0 aliphatic heterocycles. The number of thiazole rings is 1. The monoisotopic (exact) mass is 373 g/mol. The molecule has 0 bridgehead atoms. The Bertz CT molecular complexity index is 831. The van der Waals surface area contributed by atoms with Gasteiger partial charge in [-0.2, -0.15) is 0 Å². The molecule has 0 radical (unpaired) electrons. The maximum Gasteiger partial charge on any atom is 0.318 e. The summed E-state index contributed by atoms with van der Waals surface area (Å²) in [7, 11) is 0. The van der Waals surface area contributed by atoms with Crippen molar-refractivity contribution in [3.63, 3.8) is 0 Å². The second-order valence-electron chi connectivity index (χ2n) is 5.13. The Morgan fingerprint density at radius 3 is 2.48 bits per heavy atom. The average Bonchev–Trinajstić information content (AvgIpc) is 3.07. The summed E-state index contributed by atoms with van der Waals surface area (Å²) in [5, 5.41) is 0. The largest absolute Gasteiger partial charge is 0.461 e. The zero-order valence-corrected chi connectivity index (χ0v) is 14.8. The SMILES string of the molecule is O=C(CCC(=O)OSc1nc2ccccc2s1)OCc1ccccc1. The lowest BCUT2D eigenvalue weighted by Gasteiger charge is -2.04. The van der Waals surface area contributed by atoms with Crippen molar-refractivity contribution in [2.75, 3.05) is 0 Å². The molecular formula is C18H15NO4S2. The van der Waals surface area contributed by atoms with Crippen molar-refractivity contribution in [3.05, 3.63) is 60.2 Å². The highest BCUT2D eigenvalue weighted by atomic mass is 32.2. The molecule has 0 amide bonds. The molecular weight excluding hydrogens is 358 g/mol. The van der Waals surface area contributed by atoms with Crippen molar-refractivity contribution < 1.29 is 18.5 Å². The summed E-state index contributed by atoms with van der Waals surface area (Å²) in [4.78, 5) is 27.8. The fourth-order valence-corrected chi connectivity index (χ4v) is 3.61. The van der Waals surface area contributed by atoms with Crippen LogP contribution in [0.2, 0.25) is 0 Å². The van der Waals surface area contributed by atoms with Crippen LogP contribution in [0.5, 0.6) is 0 Å². The van der Waals surface area contributed by atoms with E-state index in [1.807, 2.05) is 54.6 Å². The molecule has 5 nitrogen and oxygen atoms in total. The fourth-order valence-electron chi connectivity index (χ4n) is 2.02. The zero-order chi connectivity index (χ0) is 17.5. The van der Waals surface area contributed by atoms with E-state index in [1.165, 1.54) is 11.3 Å². The van der Waals surface area contributed by atoms with Crippen LogP contribution in [0.25, 0.3) is 10.2 Å². The topological polar surface area (TPSA) is 65.5 Å². The molecule has 0 unspecified atom stereocenters. The van der Waals surface area contributed by atoms with E-state index in [-0.39, 0.29) is 19.4 Å². The molecule has 0 atom stereocenters. The summed E-state index contributed by atoms with van der Waals surface area (Å²) in [6.07, 6.45) is -0.0302. The number of hydrogen-bond donors (Lipinski definition) is 0. The van der Waals surface area contributed by atoms with Crippen LogP contribution in [0.4, 0.5) is 0 Å². The van der Waals surface area contributed by atoms with E-state index in [4.69, 9.17) is 8.92 Å². The number of ether oxygens (including phenoxy) is 1. The molecule has 3 aromatic rings. The van der Waals surface area contributed by atoms with Gasteiger partial charge in [-0.3, -0.25) is 9.59 Å². The van der Waals surface area contributed by atoms with Crippen LogP contribution in [0.15, 0.2) is 58.9 Å². The van der Waals surface area contributed by atoms with Gasteiger partial charge in [0, 0.05) is 0 Å². The van der Waals surface area contributed by atoms with Gasteiger partial charge in [-0.25, -0.2) is 4.98 Å². The minimum atomic E-state index is -0.471. The van der Waals surface area contributed by atoms with Gasteiger partial charge in [-0.05, 0) is 17.7 Å². The van der Waals surface area contributed by atoms with Crippen LogP contribution >= 0.6 is 23.4 Å². The van der Waals surface area contributed by atoms with Crippen LogP contribution in [-0.4, -0.2) is 16.9 Å². The molecule has 2 aromatic carbocycles. The number of rotatable bonds is 7. The Hall–Kier alpha value is -2.38. The molecule has 3 rings (SSSR count). The first-order valence-corrected chi connectivity index (χ1v) is 9.19. The standard InChI is InChI=1S/C18H15NO4S2/c20-16(22-12-13-6-2-1-3-7-13)10-11-17(21)23-25-18-19-14-8-4-5-9-15(14)24-18/h1-9H,10-12H2. The van der Waals surface area contributed by atoms with Crippen LogP contribution in [0.3, 0.4) is 0 Å². The Labute approximate surface area is 153 Å². The van der Waals surface area contributed by atoms with Gasteiger partial charge in [0.1, 0.15) is 18.6 Å². The molecule has 1 aromatic heterocycles. The summed E-state index contributed by atoms with van der Waals surface area (Å²) in [6, 6.07) is 17.1. The Balaban J connectivity index is 1.38. The first kappa shape index (κ1) is 17.4. The van der Waals surface area contributed by atoms with Gasteiger partial charge >= 0.3 is 11.9 Å². The second kappa shape index (κ2) is 8.64. The molecule has 25 heavy (non-hydrogen) atoms. The Kier molecular flexibility index (Phi) is 6.03. The van der Waals surface area contributed by atoms with Gasteiger partial charge in [-0.15, -0.1) is 11.3 Å². The Morgan fingerprint density at radius 1 is 0.960 bits per heavy atom. The highest BCUT2D eigenvalue weighted by molar-refractivity contribution is 7.97. The minimum Gasteiger partial charge on any atom is -0.461 e. The molecule has 0 N–H and O–H groups in total. The van der Waals surface area contributed by atoms with Crippen molar-refractivity contribution in [1.82, 2.24) is 4.98 Å². The van der Waals surface area contributed by atoms with E-state index in [9.17, 15) is 9.59 Å². The second-order valence-corrected chi connectivity index (χ2v) is 7.14. The van der Waals surface area contributed by atoms with Gasteiger partial charge in [0.25, 0.3) is 0 Å². The number of aromatic nitrogens is 1. The first-order valence-electron chi connectivity index (χ1n) is 7.63. The quantitative estimate of drug-likeness (QED) is 0.453. The highest BCUT2D eigenvalue weighted by Crippen LogP contribution is 2.30. The van der Waals surface area contributed by atoms with Gasteiger partial charge in [-0.1, -0.05) is 42.5 Å². The van der Waals surface area contributed by atoms with Crippen LogP contribution < -0.4 is 0 Å². The molecule has 128 valence electrons. The highest BCUT2D eigenvalue weighted by Gasteiger charge is 2.12. The summed E-state index contributed by atoms with van der Waals surface area (Å²) in [5.74, 6) is -0.897. The predicted octanol–water partition coefficient (Wildman–Crippen LogP) is 4.37. The van der Waals surface area contributed by atoms with E-state index in [0.717, 1.165) is 27.8 Å². The van der Waals surface area contributed by atoms with Gasteiger partial charge in [0.15, 0.2) is 4.34 Å². The lowest BCUT2D eigenvalue weighted by Crippen LogP contribution is -2.08. The smallest absolute Gasteiger partial charge is 0.318 e. The molecule has 0 aliphatic rings. The third kappa shape index (κ3) is 5.30. The third-order valence-electron chi connectivity index (χ3n) is 3.26. The molecule has 0 saturated carbocycles. The molecule has 0 spiro atoms. The van der Waals surface area contributed by atoms with Crippen molar-refractivity contribution in [2.24, 2.45) is 0 Å². The number of esters is 1. The number of nitrogens with zero attached hydrogens (tertiary/aromatic N) is 1. The van der Waals surface area contributed by atoms with E-state index in [0.29, 0.717) is 4.34 Å². The van der Waals surface area contributed by atoms with E-state index >= 15 is 0 Å². The summed E-state index contributed by atoms with van der Waals surface area (Å²) in [6.45, 7) is 0.204. The molecule has 1 heterocycles. The van der Waals surface area contributed by atoms with Crippen LogP contribution in [-0.2, 0) is 25.1 Å². The van der Waals surface area contributed by atoms with Gasteiger partial charge in [0.2, 0.25) is 0 Å². The number of hydrogen-bond acceptors (Lipinski definition) is 7. The third-order valence-corrected chi connectivity index (χ3v) is 5.04. The lowest BCUT2D eigenvalue weighted by molar-refractivity contribution is -0.147. The predicted molar refractivity (Wildman–Crippen MR) is 97.0 cm³/mol. The number of benzene rings is 2. The summed E-state index contributed by atoms with van der Waals surface area (Å²) >= 11 is 2.37. The van der Waals surface area contributed by atoms with Crippen molar-refractivity contribution in [2.45, 2.75) is 23.8 Å². The van der Waals surface area contributed by atoms with Gasteiger partial charge < -0.3 is 8.92 Å². The number of fused-ring (bicyclic) bond motifs is 1. The van der Waals surface area contributed by atoms with Crippen molar-refractivity contribution in [3.8, 4) is 0 Å². The Morgan fingerprint density at radius 2 is 1.68 bits per heavy atom. The molecule has 0 saturated heterocycles. The minimum absolute atomic E-state index is 0.00787. The van der Waals surface area contributed by atoms with E-state index < -0.39 is 11.9 Å². The first-order chi connectivity index (χ1) is 12.2. The van der Waals surface area contributed by atoms with Gasteiger partial charge in [0.05, 0.1) is 23.1 Å². The van der Waals surface area contributed by atoms with Crippen molar-refractivity contribution >= 4 is 45.5 Å². The molecule has 7 heteroatoms. The molecule has 0 aliphatic carbocycles. The van der Waals surface area contributed by atoms with Crippen LogP contribution in [0.1, 0.15) is 18.4 Å². The zero-order valence-electron chi connectivity index (χ0n) is 13.2. The maximum absolute atomic E-state index is 11.7. The fraction of sp³-hybridized carbons (Fsp3) is 0.167. The molecule has 0 fully saturated rings. The van der Waals surface area contributed by atoms with Crippen molar-refractivity contribution in [1.29, 1.82) is 0 Å². The summed E-state index contributed by atoms with van der Waals surface area (Å²) in [5.41, 5.74) is 1.78. The number of carbonyl (C=O) groups excluding carboxylic acids is 2. The maximum atomic E-state index is 11.7. The van der Waals surface area contributed by atoms with E-state index in [1.54, 1.807) is 0 Å². The normalized spacial score (nSPS) is 10.6. The average molecular weight is 373 g/mol. The van der Waals surface area contributed by atoms with E-state index in [2.05, 4.69) is 4.98 Å². The number of para-hydroxylation sites is 1. The number of carbonyl (C=O) groups is 2. The lowest BCUT2D eigenvalue weighted by atomic mass is 10.2. The van der Waals surface area contributed by atoms with Crippen LogP contribution in [0, 0.1) is 0 Å². The summed E-state index contributed by atoms with van der Waals surface area (Å²) < 4.78 is 11.9.